The molecule has 1 aromatic carbocycles. The van der Waals surface area contributed by atoms with Crippen molar-refractivity contribution in [3.05, 3.63) is 29.8 Å². The highest BCUT2D eigenvalue weighted by Crippen LogP contribution is 2.19. The van der Waals surface area contributed by atoms with E-state index in [4.69, 9.17) is 0 Å². The first-order valence-corrected chi connectivity index (χ1v) is 7.04. The van der Waals surface area contributed by atoms with Crippen molar-refractivity contribution in [3.63, 3.8) is 0 Å². The van der Waals surface area contributed by atoms with Crippen molar-refractivity contribution in [1.29, 1.82) is 0 Å². The number of rotatable bonds is 5. The number of carbonyl (C=O) groups excluding carboxylic acids is 1. The van der Waals surface area contributed by atoms with Gasteiger partial charge in [0.05, 0.1) is 12.5 Å². The molecule has 21 heavy (non-hydrogen) atoms. The summed E-state index contributed by atoms with van der Waals surface area (Å²) < 4.78 is 28.3. The Bertz CT molecular complexity index is 456. The molecule has 1 aromatic rings. The lowest BCUT2D eigenvalue weighted by molar-refractivity contribution is -0.121. The van der Waals surface area contributed by atoms with Gasteiger partial charge in [0.1, 0.15) is 5.75 Å². The third-order valence-electron chi connectivity index (χ3n) is 3.58. The summed E-state index contributed by atoms with van der Waals surface area (Å²) in [6.45, 7) is -2.85. The first-order valence-electron chi connectivity index (χ1n) is 7.04. The van der Waals surface area contributed by atoms with Crippen LogP contribution in [0.4, 0.5) is 8.78 Å². The summed E-state index contributed by atoms with van der Waals surface area (Å²) in [5.74, 6) is -0.0191. The summed E-state index contributed by atoms with van der Waals surface area (Å²) in [6, 6.07) is 6.16. The van der Waals surface area contributed by atoms with Crippen molar-refractivity contribution in [3.8, 4) is 5.75 Å². The van der Waals surface area contributed by atoms with Gasteiger partial charge in [0.2, 0.25) is 5.91 Å². The number of aliphatic hydroxyl groups excluding tert-OH is 1. The van der Waals surface area contributed by atoms with Gasteiger partial charge < -0.3 is 15.2 Å². The molecule has 0 saturated heterocycles. The largest absolute Gasteiger partial charge is 0.435 e. The molecule has 0 bridgehead atoms. The number of ether oxygens (including phenoxy) is 1. The molecule has 116 valence electrons. The van der Waals surface area contributed by atoms with Crippen molar-refractivity contribution < 1.29 is 23.4 Å². The van der Waals surface area contributed by atoms with E-state index in [2.05, 4.69) is 10.1 Å². The van der Waals surface area contributed by atoms with E-state index in [9.17, 15) is 18.7 Å². The molecule has 0 aliphatic heterocycles. The van der Waals surface area contributed by atoms with Crippen molar-refractivity contribution in [2.45, 2.75) is 50.9 Å². The molecule has 1 fully saturated rings. The quantitative estimate of drug-likeness (QED) is 0.876. The van der Waals surface area contributed by atoms with E-state index < -0.39 is 6.61 Å². The Kier molecular flexibility index (Phi) is 5.50. The van der Waals surface area contributed by atoms with E-state index in [-0.39, 0.29) is 30.2 Å². The minimum Gasteiger partial charge on any atom is -0.435 e. The molecule has 1 aliphatic carbocycles. The first kappa shape index (κ1) is 15.7. The number of benzene rings is 1. The van der Waals surface area contributed by atoms with E-state index in [0.29, 0.717) is 12.8 Å². The molecule has 0 unspecified atom stereocenters. The fourth-order valence-corrected chi connectivity index (χ4v) is 2.47. The Morgan fingerprint density at radius 2 is 1.86 bits per heavy atom. The maximum Gasteiger partial charge on any atom is 0.387 e. The summed E-state index contributed by atoms with van der Waals surface area (Å²) >= 11 is 0. The second-order valence-electron chi connectivity index (χ2n) is 5.27. The average molecular weight is 299 g/mol. The number of amides is 1. The molecule has 1 amide bonds. The molecule has 0 radical (unpaired) electrons. The van der Waals surface area contributed by atoms with Gasteiger partial charge in [-0.15, -0.1) is 0 Å². The van der Waals surface area contributed by atoms with Crippen LogP contribution < -0.4 is 10.1 Å². The Morgan fingerprint density at radius 1 is 1.24 bits per heavy atom. The average Bonchev–Trinajstić information content (AvgIpc) is 2.43. The van der Waals surface area contributed by atoms with E-state index >= 15 is 0 Å². The minimum atomic E-state index is -2.85. The van der Waals surface area contributed by atoms with Crippen LogP contribution in [0, 0.1) is 0 Å². The zero-order valence-electron chi connectivity index (χ0n) is 11.6. The standard InChI is InChI=1S/C15H19F2NO3/c16-15(17)21-13-7-1-10(2-8-13)9-14(20)18-11-3-5-12(19)6-4-11/h1-2,7-8,11-12,15,19H,3-6,9H2,(H,18,20). The lowest BCUT2D eigenvalue weighted by Gasteiger charge is -2.26. The van der Waals surface area contributed by atoms with Gasteiger partial charge in [0.15, 0.2) is 0 Å². The molecule has 1 aliphatic rings. The van der Waals surface area contributed by atoms with E-state index in [1.807, 2.05) is 0 Å². The maximum absolute atomic E-state index is 12.0. The number of halogens is 2. The molecule has 0 spiro atoms. The molecule has 0 aromatic heterocycles. The highest BCUT2D eigenvalue weighted by Gasteiger charge is 2.20. The van der Waals surface area contributed by atoms with Crippen molar-refractivity contribution >= 4 is 5.91 Å². The monoisotopic (exact) mass is 299 g/mol. The van der Waals surface area contributed by atoms with Crippen LogP contribution in [0.2, 0.25) is 0 Å². The van der Waals surface area contributed by atoms with Gasteiger partial charge in [-0.25, -0.2) is 0 Å². The maximum atomic E-state index is 12.0. The minimum absolute atomic E-state index is 0.0791. The summed E-state index contributed by atoms with van der Waals surface area (Å²) in [6.07, 6.45) is 2.95. The number of carbonyl (C=O) groups is 1. The van der Waals surface area contributed by atoms with Gasteiger partial charge in [-0.1, -0.05) is 12.1 Å². The topological polar surface area (TPSA) is 58.6 Å². The summed E-state index contributed by atoms with van der Waals surface area (Å²) in [5.41, 5.74) is 0.741. The molecular formula is C15H19F2NO3. The molecule has 6 heteroatoms. The van der Waals surface area contributed by atoms with E-state index in [1.165, 1.54) is 12.1 Å². The Labute approximate surface area is 122 Å². The summed E-state index contributed by atoms with van der Waals surface area (Å²) in [5, 5.41) is 12.3. The highest BCUT2D eigenvalue weighted by atomic mass is 19.3. The number of aliphatic hydroxyl groups is 1. The smallest absolute Gasteiger partial charge is 0.387 e. The summed E-state index contributed by atoms with van der Waals surface area (Å²) in [7, 11) is 0. The van der Waals surface area contributed by atoms with Crippen LogP contribution in [0.25, 0.3) is 0 Å². The molecule has 2 rings (SSSR count). The fraction of sp³-hybridized carbons (Fsp3) is 0.533. The van der Waals surface area contributed by atoms with Crippen molar-refractivity contribution in [2.24, 2.45) is 0 Å². The van der Waals surface area contributed by atoms with Gasteiger partial charge in [-0.3, -0.25) is 4.79 Å². The second-order valence-corrected chi connectivity index (χ2v) is 5.27. The second kappa shape index (κ2) is 7.36. The van der Waals surface area contributed by atoms with E-state index in [0.717, 1.165) is 18.4 Å². The van der Waals surface area contributed by atoms with Gasteiger partial charge in [-0.05, 0) is 43.4 Å². The predicted molar refractivity (Wildman–Crippen MR) is 73.2 cm³/mol. The Hall–Kier alpha value is -1.69. The highest BCUT2D eigenvalue weighted by molar-refractivity contribution is 5.78. The van der Waals surface area contributed by atoms with Crippen LogP contribution in [0.5, 0.6) is 5.75 Å². The normalized spacial score (nSPS) is 22.1. The molecule has 0 atom stereocenters. The first-order chi connectivity index (χ1) is 10.0. The Balaban J connectivity index is 1.79. The lowest BCUT2D eigenvalue weighted by atomic mass is 9.93. The van der Waals surface area contributed by atoms with Crippen LogP contribution in [-0.2, 0) is 11.2 Å². The zero-order valence-corrected chi connectivity index (χ0v) is 11.6. The van der Waals surface area contributed by atoms with Crippen LogP contribution in [0.3, 0.4) is 0 Å². The molecular weight excluding hydrogens is 280 g/mol. The van der Waals surface area contributed by atoms with Gasteiger partial charge in [-0.2, -0.15) is 8.78 Å². The van der Waals surface area contributed by atoms with Gasteiger partial charge >= 0.3 is 6.61 Å². The zero-order chi connectivity index (χ0) is 15.2. The third-order valence-corrected chi connectivity index (χ3v) is 3.58. The summed E-state index contributed by atoms with van der Waals surface area (Å²) in [4.78, 5) is 11.9. The molecule has 0 heterocycles. The van der Waals surface area contributed by atoms with Crippen molar-refractivity contribution in [2.75, 3.05) is 0 Å². The van der Waals surface area contributed by atoms with Gasteiger partial charge in [0.25, 0.3) is 0 Å². The van der Waals surface area contributed by atoms with Crippen LogP contribution in [-0.4, -0.2) is 29.8 Å². The van der Waals surface area contributed by atoms with Crippen LogP contribution in [0.15, 0.2) is 24.3 Å². The number of hydrogen-bond donors (Lipinski definition) is 2. The lowest BCUT2D eigenvalue weighted by Crippen LogP contribution is -2.39. The fourth-order valence-electron chi connectivity index (χ4n) is 2.47. The number of alkyl halides is 2. The Morgan fingerprint density at radius 3 is 2.43 bits per heavy atom. The SMILES string of the molecule is O=C(Cc1ccc(OC(F)F)cc1)NC1CCC(O)CC1. The van der Waals surface area contributed by atoms with Gasteiger partial charge in [0, 0.05) is 6.04 Å². The molecule has 4 nitrogen and oxygen atoms in total. The predicted octanol–water partition coefficient (Wildman–Crippen LogP) is 2.25. The number of hydrogen-bond acceptors (Lipinski definition) is 3. The van der Waals surface area contributed by atoms with Crippen LogP contribution >= 0.6 is 0 Å². The van der Waals surface area contributed by atoms with Crippen molar-refractivity contribution in [1.82, 2.24) is 5.32 Å². The van der Waals surface area contributed by atoms with Crippen LogP contribution in [0.1, 0.15) is 31.2 Å². The molecule has 1 saturated carbocycles. The third kappa shape index (κ3) is 5.30. The number of nitrogens with one attached hydrogen (secondary N) is 1. The molecule has 2 N–H and O–H groups in total. The van der Waals surface area contributed by atoms with E-state index in [1.54, 1.807) is 12.1 Å².